The number of benzene rings is 2. The molecule has 0 spiro atoms. The van der Waals surface area contributed by atoms with Gasteiger partial charge in [-0.3, -0.25) is 4.79 Å². The van der Waals surface area contributed by atoms with Gasteiger partial charge in [-0.25, -0.2) is 9.97 Å². The Bertz CT molecular complexity index is 1050. The lowest BCUT2D eigenvalue weighted by atomic mass is 10.0. The van der Waals surface area contributed by atoms with Crippen LogP contribution in [0.25, 0.3) is 0 Å². The lowest BCUT2D eigenvalue weighted by Crippen LogP contribution is -2.49. The number of halogens is 1. The van der Waals surface area contributed by atoms with E-state index in [-0.39, 0.29) is 5.91 Å². The maximum Gasteiger partial charge on any atom is 0.253 e. The van der Waals surface area contributed by atoms with E-state index < -0.39 is 0 Å². The van der Waals surface area contributed by atoms with Gasteiger partial charge in [-0.15, -0.1) is 0 Å². The van der Waals surface area contributed by atoms with Gasteiger partial charge >= 0.3 is 0 Å². The largest absolute Gasteiger partial charge is 0.353 e. The number of carbonyl (C=O) groups excluding carboxylic acids is 1. The number of hydrogen-bond donors (Lipinski definition) is 0. The van der Waals surface area contributed by atoms with Crippen molar-refractivity contribution in [2.24, 2.45) is 0 Å². The number of aryl methyl sites for hydroxylation is 2. The van der Waals surface area contributed by atoms with Gasteiger partial charge in [0.05, 0.1) is 0 Å². The van der Waals surface area contributed by atoms with Crippen LogP contribution in [0.1, 0.15) is 39.9 Å². The summed E-state index contributed by atoms with van der Waals surface area (Å²) in [5.74, 6) is 1.85. The zero-order chi connectivity index (χ0) is 21.8. The predicted octanol–water partition coefficient (Wildman–Crippen LogP) is 4.55. The second-order valence-corrected chi connectivity index (χ2v) is 8.26. The van der Waals surface area contributed by atoms with E-state index in [0.29, 0.717) is 23.7 Å². The molecule has 6 heteroatoms. The number of aromatic nitrogens is 2. The molecule has 3 aromatic rings. The molecule has 1 amide bonds. The Morgan fingerprint density at radius 1 is 0.968 bits per heavy atom. The molecular formula is C25H27ClN4O. The van der Waals surface area contributed by atoms with E-state index >= 15 is 0 Å². The lowest BCUT2D eigenvalue weighted by molar-refractivity contribution is 0.0746. The Balaban J connectivity index is 1.54. The van der Waals surface area contributed by atoms with E-state index in [2.05, 4.69) is 36.1 Å². The average Bonchev–Trinajstić information content (AvgIpc) is 2.81. The fourth-order valence-corrected chi connectivity index (χ4v) is 4.20. The molecule has 160 valence electrons. The van der Waals surface area contributed by atoms with Crippen molar-refractivity contribution in [2.45, 2.75) is 26.7 Å². The Kier molecular flexibility index (Phi) is 6.52. The van der Waals surface area contributed by atoms with E-state index in [1.54, 1.807) is 24.3 Å². The minimum absolute atomic E-state index is 0.0499. The third-order valence-corrected chi connectivity index (χ3v) is 5.95. The number of amides is 1. The van der Waals surface area contributed by atoms with Crippen molar-refractivity contribution in [3.8, 4) is 0 Å². The first kappa shape index (κ1) is 21.3. The van der Waals surface area contributed by atoms with Gasteiger partial charge in [-0.05, 0) is 43.2 Å². The van der Waals surface area contributed by atoms with Crippen LogP contribution in [0.3, 0.4) is 0 Å². The lowest BCUT2D eigenvalue weighted by Gasteiger charge is -2.36. The Morgan fingerprint density at radius 3 is 2.29 bits per heavy atom. The topological polar surface area (TPSA) is 49.3 Å². The summed E-state index contributed by atoms with van der Waals surface area (Å²) in [4.78, 5) is 26.6. The standard InChI is InChI=1S/C25H27ClN4O/c1-3-23-22(17-19-7-5-4-6-8-19)24(28-18(2)27-23)29-13-15-30(16-14-29)25(31)20-9-11-21(26)12-10-20/h4-12H,3,13-17H2,1-2H3. The Hall–Kier alpha value is -2.92. The normalized spacial score (nSPS) is 14.0. The number of nitrogens with zero attached hydrogens (tertiary/aromatic N) is 4. The minimum Gasteiger partial charge on any atom is -0.353 e. The number of carbonyl (C=O) groups is 1. The molecule has 0 saturated carbocycles. The Morgan fingerprint density at radius 2 is 1.65 bits per heavy atom. The molecule has 4 rings (SSSR count). The first-order valence-corrected chi connectivity index (χ1v) is 11.1. The molecule has 1 aliphatic heterocycles. The van der Waals surface area contributed by atoms with Crippen LogP contribution in [-0.2, 0) is 12.8 Å². The molecule has 5 nitrogen and oxygen atoms in total. The molecule has 0 aliphatic carbocycles. The van der Waals surface area contributed by atoms with Crippen molar-refractivity contribution in [3.63, 3.8) is 0 Å². The first-order chi connectivity index (χ1) is 15.0. The quantitative estimate of drug-likeness (QED) is 0.591. The zero-order valence-electron chi connectivity index (χ0n) is 18.0. The van der Waals surface area contributed by atoms with E-state index in [4.69, 9.17) is 21.6 Å². The van der Waals surface area contributed by atoms with Gasteiger partial charge in [0.25, 0.3) is 5.91 Å². The SMILES string of the molecule is CCc1nc(C)nc(N2CCN(C(=O)c3ccc(Cl)cc3)CC2)c1Cc1ccccc1. The van der Waals surface area contributed by atoms with Crippen molar-refractivity contribution in [3.05, 3.63) is 87.8 Å². The van der Waals surface area contributed by atoms with Gasteiger partial charge in [0.1, 0.15) is 11.6 Å². The minimum atomic E-state index is 0.0499. The van der Waals surface area contributed by atoms with Gasteiger partial charge < -0.3 is 9.80 Å². The van der Waals surface area contributed by atoms with Crippen LogP contribution in [-0.4, -0.2) is 47.0 Å². The highest BCUT2D eigenvalue weighted by atomic mass is 35.5. The zero-order valence-corrected chi connectivity index (χ0v) is 18.8. The van der Waals surface area contributed by atoms with Gasteiger partial charge in [-0.1, -0.05) is 48.9 Å². The van der Waals surface area contributed by atoms with Crippen LogP contribution in [0, 0.1) is 6.92 Å². The van der Waals surface area contributed by atoms with Crippen LogP contribution < -0.4 is 4.90 Å². The van der Waals surface area contributed by atoms with E-state index in [9.17, 15) is 4.79 Å². The fourth-order valence-electron chi connectivity index (χ4n) is 4.07. The van der Waals surface area contributed by atoms with Crippen molar-refractivity contribution in [1.82, 2.24) is 14.9 Å². The molecule has 31 heavy (non-hydrogen) atoms. The number of hydrogen-bond acceptors (Lipinski definition) is 4. The van der Waals surface area contributed by atoms with E-state index in [0.717, 1.165) is 43.3 Å². The fraction of sp³-hybridized carbons (Fsp3) is 0.320. The van der Waals surface area contributed by atoms with Gasteiger partial charge in [0.15, 0.2) is 0 Å². The van der Waals surface area contributed by atoms with Crippen LogP contribution in [0.5, 0.6) is 0 Å². The summed E-state index contributed by atoms with van der Waals surface area (Å²) >= 11 is 5.96. The van der Waals surface area contributed by atoms with Crippen molar-refractivity contribution in [1.29, 1.82) is 0 Å². The van der Waals surface area contributed by atoms with Crippen LogP contribution >= 0.6 is 11.6 Å². The second kappa shape index (κ2) is 9.48. The molecule has 1 saturated heterocycles. The molecule has 0 atom stereocenters. The molecule has 0 bridgehead atoms. The third kappa shape index (κ3) is 4.88. The average molecular weight is 435 g/mol. The summed E-state index contributed by atoms with van der Waals surface area (Å²) in [6.07, 6.45) is 1.68. The molecule has 0 N–H and O–H groups in total. The highest BCUT2D eigenvalue weighted by Crippen LogP contribution is 2.26. The maximum atomic E-state index is 12.9. The maximum absolute atomic E-state index is 12.9. The third-order valence-electron chi connectivity index (χ3n) is 5.70. The van der Waals surface area contributed by atoms with Crippen molar-refractivity contribution in [2.75, 3.05) is 31.1 Å². The number of rotatable bonds is 5. The summed E-state index contributed by atoms with van der Waals surface area (Å²) in [6.45, 7) is 6.92. The van der Waals surface area contributed by atoms with Crippen molar-refractivity contribution < 1.29 is 4.79 Å². The molecular weight excluding hydrogens is 408 g/mol. The molecule has 2 heterocycles. The van der Waals surface area contributed by atoms with E-state index in [1.165, 1.54) is 11.1 Å². The second-order valence-electron chi connectivity index (χ2n) is 7.82. The highest BCUT2D eigenvalue weighted by Gasteiger charge is 2.25. The van der Waals surface area contributed by atoms with Gasteiger partial charge in [0.2, 0.25) is 0 Å². The molecule has 2 aromatic carbocycles. The summed E-state index contributed by atoms with van der Waals surface area (Å²) in [6, 6.07) is 17.6. The molecule has 1 aromatic heterocycles. The summed E-state index contributed by atoms with van der Waals surface area (Å²) in [5, 5.41) is 0.637. The van der Waals surface area contributed by atoms with Crippen LogP contribution in [0.2, 0.25) is 5.02 Å². The number of piperazine rings is 1. The summed E-state index contributed by atoms with van der Waals surface area (Å²) in [7, 11) is 0. The molecule has 1 aliphatic rings. The predicted molar refractivity (Wildman–Crippen MR) is 125 cm³/mol. The monoisotopic (exact) mass is 434 g/mol. The molecule has 0 unspecified atom stereocenters. The van der Waals surface area contributed by atoms with E-state index in [1.807, 2.05) is 17.9 Å². The first-order valence-electron chi connectivity index (χ1n) is 10.7. The van der Waals surface area contributed by atoms with Gasteiger partial charge in [-0.2, -0.15) is 0 Å². The number of anilines is 1. The van der Waals surface area contributed by atoms with Gasteiger partial charge in [0, 0.05) is 54.4 Å². The molecule has 0 radical (unpaired) electrons. The molecule has 1 fully saturated rings. The summed E-state index contributed by atoms with van der Waals surface area (Å²) < 4.78 is 0. The Labute approximate surface area is 188 Å². The highest BCUT2D eigenvalue weighted by molar-refractivity contribution is 6.30. The van der Waals surface area contributed by atoms with Crippen LogP contribution in [0.4, 0.5) is 5.82 Å². The van der Waals surface area contributed by atoms with Crippen LogP contribution in [0.15, 0.2) is 54.6 Å². The smallest absolute Gasteiger partial charge is 0.253 e. The van der Waals surface area contributed by atoms with Crippen molar-refractivity contribution >= 4 is 23.3 Å². The summed E-state index contributed by atoms with van der Waals surface area (Å²) in [5.41, 5.74) is 4.22.